The summed E-state index contributed by atoms with van der Waals surface area (Å²) in [6.45, 7) is 9.49. The number of guanidine groups is 1. The Bertz CT molecular complexity index is 185. The van der Waals surface area contributed by atoms with E-state index in [0.717, 1.165) is 39.1 Å². The van der Waals surface area contributed by atoms with Gasteiger partial charge in [-0.15, -0.1) is 0 Å². The Kier molecular flexibility index (Phi) is 10.2. The van der Waals surface area contributed by atoms with Crippen LogP contribution in [0.3, 0.4) is 0 Å². The molecule has 0 aromatic rings. The van der Waals surface area contributed by atoms with Gasteiger partial charge < -0.3 is 10.1 Å². The van der Waals surface area contributed by atoms with Gasteiger partial charge in [-0.1, -0.05) is 20.3 Å². The molecular formula is C11H26N4O. The van der Waals surface area contributed by atoms with Crippen molar-refractivity contribution in [1.29, 1.82) is 0 Å². The molecule has 0 aromatic carbocycles. The second-order valence-corrected chi connectivity index (χ2v) is 3.82. The van der Waals surface area contributed by atoms with Gasteiger partial charge >= 0.3 is 0 Å². The van der Waals surface area contributed by atoms with Gasteiger partial charge in [0.25, 0.3) is 0 Å². The van der Waals surface area contributed by atoms with Crippen LogP contribution >= 0.6 is 0 Å². The van der Waals surface area contributed by atoms with Crippen LogP contribution in [0.5, 0.6) is 0 Å². The highest BCUT2D eigenvalue weighted by molar-refractivity contribution is 5.79. The summed E-state index contributed by atoms with van der Waals surface area (Å²) in [5.41, 5.74) is 2.57. The molecule has 5 heteroatoms. The molecule has 0 rings (SSSR count). The molecule has 16 heavy (non-hydrogen) atoms. The number of rotatable bonds is 8. The molecule has 0 amide bonds. The second-order valence-electron chi connectivity index (χ2n) is 3.82. The summed E-state index contributed by atoms with van der Waals surface area (Å²) in [6.07, 6.45) is 2.09. The maximum Gasteiger partial charge on any atom is 0.205 e. The van der Waals surface area contributed by atoms with Crippen LogP contribution in [0, 0.1) is 5.92 Å². The van der Waals surface area contributed by atoms with Crippen LogP contribution in [0.1, 0.15) is 33.6 Å². The molecule has 0 aliphatic heterocycles. The van der Waals surface area contributed by atoms with E-state index in [-0.39, 0.29) is 0 Å². The first-order chi connectivity index (χ1) is 7.74. The maximum atomic E-state index is 5.37. The van der Waals surface area contributed by atoms with Crippen LogP contribution in [0.15, 0.2) is 4.99 Å². The van der Waals surface area contributed by atoms with Crippen molar-refractivity contribution in [1.82, 2.24) is 10.7 Å². The Morgan fingerprint density at radius 1 is 1.44 bits per heavy atom. The van der Waals surface area contributed by atoms with Gasteiger partial charge in [-0.25, -0.2) is 5.84 Å². The molecule has 0 radical (unpaired) electrons. The quantitative estimate of drug-likeness (QED) is 0.190. The van der Waals surface area contributed by atoms with E-state index in [2.05, 4.69) is 29.6 Å². The third kappa shape index (κ3) is 8.49. The zero-order chi connectivity index (χ0) is 12.2. The van der Waals surface area contributed by atoms with E-state index in [1.54, 1.807) is 0 Å². The molecule has 0 spiro atoms. The molecule has 0 heterocycles. The molecule has 0 aliphatic carbocycles. The summed E-state index contributed by atoms with van der Waals surface area (Å²) in [5, 5.41) is 3.14. The Hall–Kier alpha value is -0.810. The SMILES string of the molecule is CCOCCCNC(=NCC(C)CC)NN. The lowest BCUT2D eigenvalue weighted by molar-refractivity contribution is 0.145. The summed E-state index contributed by atoms with van der Waals surface area (Å²) in [4.78, 5) is 4.36. The lowest BCUT2D eigenvalue weighted by atomic mass is 10.1. The Morgan fingerprint density at radius 3 is 2.75 bits per heavy atom. The van der Waals surface area contributed by atoms with E-state index in [4.69, 9.17) is 10.6 Å². The third-order valence-electron chi connectivity index (χ3n) is 2.36. The van der Waals surface area contributed by atoms with Gasteiger partial charge in [0, 0.05) is 26.3 Å². The van der Waals surface area contributed by atoms with Gasteiger partial charge in [0.1, 0.15) is 0 Å². The fraction of sp³-hybridized carbons (Fsp3) is 0.909. The molecule has 1 unspecified atom stereocenters. The van der Waals surface area contributed by atoms with Crippen molar-refractivity contribution in [3.05, 3.63) is 0 Å². The molecule has 0 aromatic heterocycles. The van der Waals surface area contributed by atoms with Crippen molar-refractivity contribution in [3.8, 4) is 0 Å². The highest BCUT2D eigenvalue weighted by Crippen LogP contribution is 1.99. The van der Waals surface area contributed by atoms with Gasteiger partial charge in [0.05, 0.1) is 0 Å². The molecule has 96 valence electrons. The number of aliphatic imine (C=N–C) groups is 1. The first-order valence-corrected chi connectivity index (χ1v) is 6.07. The molecule has 0 fully saturated rings. The lowest BCUT2D eigenvalue weighted by Crippen LogP contribution is -2.42. The molecule has 0 saturated carbocycles. The van der Waals surface area contributed by atoms with Gasteiger partial charge in [0.2, 0.25) is 5.96 Å². The van der Waals surface area contributed by atoms with Crippen LogP contribution < -0.4 is 16.6 Å². The lowest BCUT2D eigenvalue weighted by Gasteiger charge is -2.10. The number of nitrogens with two attached hydrogens (primary N) is 1. The van der Waals surface area contributed by atoms with E-state index < -0.39 is 0 Å². The molecule has 4 N–H and O–H groups in total. The normalized spacial score (nSPS) is 13.6. The van der Waals surface area contributed by atoms with Crippen molar-refractivity contribution in [3.63, 3.8) is 0 Å². The Labute approximate surface area is 98.8 Å². The third-order valence-corrected chi connectivity index (χ3v) is 2.36. The van der Waals surface area contributed by atoms with Gasteiger partial charge in [0.15, 0.2) is 0 Å². The van der Waals surface area contributed by atoms with Crippen LogP contribution in [0.4, 0.5) is 0 Å². The number of hydrogen-bond donors (Lipinski definition) is 3. The van der Waals surface area contributed by atoms with Crippen molar-refractivity contribution in [2.45, 2.75) is 33.6 Å². The second kappa shape index (κ2) is 10.7. The van der Waals surface area contributed by atoms with E-state index in [9.17, 15) is 0 Å². The molecule has 0 aliphatic rings. The van der Waals surface area contributed by atoms with E-state index in [1.807, 2.05) is 6.92 Å². The predicted molar refractivity (Wildman–Crippen MR) is 68.2 cm³/mol. The minimum Gasteiger partial charge on any atom is -0.382 e. The monoisotopic (exact) mass is 230 g/mol. The topological polar surface area (TPSA) is 71.7 Å². The van der Waals surface area contributed by atoms with Crippen molar-refractivity contribution in [2.24, 2.45) is 16.8 Å². The zero-order valence-electron chi connectivity index (χ0n) is 10.8. The fourth-order valence-electron chi connectivity index (χ4n) is 1.05. The van der Waals surface area contributed by atoms with Crippen LogP contribution in [-0.2, 0) is 4.74 Å². The molecule has 0 bridgehead atoms. The highest BCUT2D eigenvalue weighted by atomic mass is 16.5. The van der Waals surface area contributed by atoms with Crippen molar-refractivity contribution < 1.29 is 4.74 Å². The minimum atomic E-state index is 0.591. The summed E-state index contributed by atoms with van der Waals surface area (Å²) < 4.78 is 5.23. The Balaban J connectivity index is 3.65. The standard InChI is InChI=1S/C11H26N4O/c1-4-10(3)9-14-11(15-12)13-7-6-8-16-5-2/h10H,4-9,12H2,1-3H3,(H2,13,14,15). The van der Waals surface area contributed by atoms with E-state index in [0.29, 0.717) is 11.9 Å². The zero-order valence-corrected chi connectivity index (χ0v) is 10.8. The van der Waals surface area contributed by atoms with Crippen LogP contribution in [-0.4, -0.2) is 32.3 Å². The first kappa shape index (κ1) is 15.2. The minimum absolute atomic E-state index is 0.591. The average Bonchev–Trinajstić information content (AvgIpc) is 2.32. The van der Waals surface area contributed by atoms with Crippen molar-refractivity contribution in [2.75, 3.05) is 26.3 Å². The maximum absolute atomic E-state index is 5.37. The number of hydrogen-bond acceptors (Lipinski definition) is 3. The largest absolute Gasteiger partial charge is 0.382 e. The molecule has 0 saturated heterocycles. The average molecular weight is 230 g/mol. The summed E-state index contributed by atoms with van der Waals surface area (Å²) >= 11 is 0. The first-order valence-electron chi connectivity index (χ1n) is 6.07. The van der Waals surface area contributed by atoms with Gasteiger partial charge in [-0.2, -0.15) is 0 Å². The molecule has 5 nitrogen and oxygen atoms in total. The van der Waals surface area contributed by atoms with E-state index >= 15 is 0 Å². The number of nitrogens with zero attached hydrogens (tertiary/aromatic N) is 1. The van der Waals surface area contributed by atoms with Gasteiger partial charge in [-0.3, -0.25) is 10.4 Å². The van der Waals surface area contributed by atoms with E-state index in [1.165, 1.54) is 0 Å². The van der Waals surface area contributed by atoms with Crippen LogP contribution in [0.25, 0.3) is 0 Å². The van der Waals surface area contributed by atoms with Gasteiger partial charge in [-0.05, 0) is 19.3 Å². The molecule has 1 atom stereocenters. The highest BCUT2D eigenvalue weighted by Gasteiger charge is 1.99. The summed E-state index contributed by atoms with van der Waals surface area (Å²) in [5.74, 6) is 6.62. The summed E-state index contributed by atoms with van der Waals surface area (Å²) in [7, 11) is 0. The number of nitrogens with one attached hydrogen (secondary N) is 2. The molecular weight excluding hydrogens is 204 g/mol. The predicted octanol–water partition coefficient (Wildman–Crippen LogP) is 0.868. The van der Waals surface area contributed by atoms with Crippen molar-refractivity contribution >= 4 is 5.96 Å². The smallest absolute Gasteiger partial charge is 0.205 e. The van der Waals surface area contributed by atoms with Crippen LogP contribution in [0.2, 0.25) is 0 Å². The number of hydrazine groups is 1. The fourth-order valence-corrected chi connectivity index (χ4v) is 1.05. The Morgan fingerprint density at radius 2 is 2.19 bits per heavy atom. The number of ether oxygens (including phenoxy) is 1. The summed E-state index contributed by atoms with van der Waals surface area (Å²) in [6, 6.07) is 0.